The molecule has 0 aromatic rings. The molecule has 1 fully saturated rings. The summed E-state index contributed by atoms with van der Waals surface area (Å²) in [5.74, 6) is 0. The summed E-state index contributed by atoms with van der Waals surface area (Å²) in [4.78, 5) is 12.7. The third-order valence-corrected chi connectivity index (χ3v) is 8.78. The lowest BCUT2D eigenvalue weighted by Crippen LogP contribution is -2.44. The minimum atomic E-state index is -1.85. The molecule has 1 heterocycles. The molecule has 0 aromatic heterocycles. The van der Waals surface area contributed by atoms with E-state index >= 15 is 0 Å². The average molecular weight is 289 g/mol. The number of methoxy groups -OCH3 is 1. The van der Waals surface area contributed by atoms with Gasteiger partial charge in [0.05, 0.1) is 18.8 Å². The maximum absolute atomic E-state index is 11.2. The van der Waals surface area contributed by atoms with Gasteiger partial charge in [-0.05, 0) is 24.6 Å². The molecule has 1 saturated heterocycles. The molecule has 0 aliphatic carbocycles. The zero-order chi connectivity index (χ0) is 14.8. The topological polar surface area (TPSA) is 59.0 Å². The number of hydrogen-bond donors (Lipinski definition) is 1. The molecule has 0 spiro atoms. The van der Waals surface area contributed by atoms with Gasteiger partial charge < -0.3 is 19.2 Å². The highest BCUT2D eigenvalue weighted by atomic mass is 28.4. The summed E-state index contributed by atoms with van der Waals surface area (Å²) >= 11 is 0. The summed E-state index contributed by atoms with van der Waals surface area (Å²) in [6.07, 6.45) is -0.160. The van der Waals surface area contributed by atoms with E-state index in [1.807, 2.05) is 0 Å². The van der Waals surface area contributed by atoms with E-state index < -0.39 is 14.4 Å². The average Bonchev–Trinajstić information content (AvgIpc) is 2.59. The quantitative estimate of drug-likeness (QED) is 0.809. The molecule has 1 amide bonds. The van der Waals surface area contributed by atoms with Gasteiger partial charge in [0.15, 0.2) is 8.32 Å². The van der Waals surface area contributed by atoms with E-state index in [1.165, 1.54) is 4.90 Å². The first-order chi connectivity index (χ1) is 8.58. The first kappa shape index (κ1) is 16.5. The zero-order valence-electron chi connectivity index (χ0n) is 12.9. The van der Waals surface area contributed by atoms with E-state index in [0.29, 0.717) is 13.2 Å². The Hall–Kier alpha value is -0.593. The molecule has 0 radical (unpaired) electrons. The van der Waals surface area contributed by atoms with E-state index in [9.17, 15) is 9.90 Å². The molecule has 1 aliphatic heterocycles. The van der Waals surface area contributed by atoms with E-state index in [4.69, 9.17) is 9.16 Å². The van der Waals surface area contributed by atoms with Crippen LogP contribution in [0.15, 0.2) is 0 Å². The highest BCUT2D eigenvalue weighted by Gasteiger charge is 2.43. The van der Waals surface area contributed by atoms with Crippen molar-refractivity contribution in [2.45, 2.75) is 57.5 Å². The molecule has 6 heteroatoms. The van der Waals surface area contributed by atoms with Gasteiger partial charge in [0.25, 0.3) is 0 Å². The van der Waals surface area contributed by atoms with Crippen molar-refractivity contribution < 1.29 is 19.1 Å². The minimum absolute atomic E-state index is 0.00265. The Morgan fingerprint density at radius 1 is 1.42 bits per heavy atom. The fourth-order valence-corrected chi connectivity index (χ4v) is 3.49. The SMILES string of the molecule is COC[C@H]1C[C@H](O[Si](C)(C)C(C)(C)C)CN1C(=O)O. The second-order valence-corrected chi connectivity index (χ2v) is 11.5. The molecule has 1 N–H and O–H groups in total. The van der Waals surface area contributed by atoms with Gasteiger partial charge in [-0.3, -0.25) is 0 Å². The molecule has 19 heavy (non-hydrogen) atoms. The van der Waals surface area contributed by atoms with Gasteiger partial charge in [-0.25, -0.2) is 4.79 Å². The number of carbonyl (C=O) groups is 1. The molecular formula is C13H27NO4Si. The number of amides is 1. The summed E-state index contributed by atoms with van der Waals surface area (Å²) in [5, 5.41) is 9.35. The highest BCUT2D eigenvalue weighted by molar-refractivity contribution is 6.74. The number of hydrogen-bond acceptors (Lipinski definition) is 3. The summed E-state index contributed by atoms with van der Waals surface area (Å²) in [6.45, 7) is 11.9. The summed E-state index contributed by atoms with van der Waals surface area (Å²) in [6, 6.07) is -0.0859. The maximum Gasteiger partial charge on any atom is 0.407 e. The first-order valence-electron chi connectivity index (χ1n) is 6.75. The molecule has 0 unspecified atom stereocenters. The minimum Gasteiger partial charge on any atom is -0.465 e. The van der Waals surface area contributed by atoms with Crippen LogP contribution in [0.5, 0.6) is 0 Å². The lowest BCUT2D eigenvalue weighted by Gasteiger charge is -2.38. The summed E-state index contributed by atoms with van der Waals surface area (Å²) in [5.41, 5.74) is 0. The summed E-state index contributed by atoms with van der Waals surface area (Å²) in [7, 11) is -0.248. The Balaban J connectivity index is 2.70. The Kier molecular flexibility index (Phi) is 5.03. The lowest BCUT2D eigenvalue weighted by atomic mass is 10.2. The fraction of sp³-hybridized carbons (Fsp3) is 0.923. The van der Waals surface area contributed by atoms with Crippen LogP contribution in [-0.2, 0) is 9.16 Å². The van der Waals surface area contributed by atoms with Crippen molar-refractivity contribution in [1.82, 2.24) is 4.90 Å². The van der Waals surface area contributed by atoms with Crippen LogP contribution in [0.2, 0.25) is 18.1 Å². The standard InChI is InChI=1S/C13H27NO4Si/c1-13(2,3)19(5,6)18-11-7-10(9-17-4)14(8-11)12(15)16/h10-11H,7-9H2,1-6H3,(H,15,16)/t10-,11+/m1/s1. The number of nitrogens with zero attached hydrogens (tertiary/aromatic N) is 1. The third-order valence-electron chi connectivity index (χ3n) is 4.25. The molecule has 1 rings (SSSR count). The molecule has 1 aliphatic rings. The monoisotopic (exact) mass is 289 g/mol. The van der Waals surface area contributed by atoms with Crippen molar-refractivity contribution in [3.8, 4) is 0 Å². The number of ether oxygens (including phenoxy) is 1. The third kappa shape index (κ3) is 3.93. The van der Waals surface area contributed by atoms with Gasteiger partial charge in [-0.15, -0.1) is 0 Å². The van der Waals surface area contributed by atoms with Crippen LogP contribution in [-0.4, -0.2) is 56.8 Å². The van der Waals surface area contributed by atoms with Gasteiger partial charge in [-0.2, -0.15) is 0 Å². The number of rotatable bonds is 4. The van der Waals surface area contributed by atoms with Crippen LogP contribution < -0.4 is 0 Å². The molecule has 0 saturated carbocycles. The van der Waals surface area contributed by atoms with E-state index in [0.717, 1.165) is 6.42 Å². The Morgan fingerprint density at radius 3 is 2.42 bits per heavy atom. The van der Waals surface area contributed by atoms with Crippen LogP contribution >= 0.6 is 0 Å². The van der Waals surface area contributed by atoms with Crippen molar-refractivity contribution in [2.75, 3.05) is 20.3 Å². The smallest absolute Gasteiger partial charge is 0.407 e. The summed E-state index contributed by atoms with van der Waals surface area (Å²) < 4.78 is 11.4. The molecule has 0 bridgehead atoms. The largest absolute Gasteiger partial charge is 0.465 e. The van der Waals surface area contributed by atoms with Crippen LogP contribution in [0.1, 0.15) is 27.2 Å². The van der Waals surface area contributed by atoms with Crippen molar-refractivity contribution in [2.24, 2.45) is 0 Å². The predicted molar refractivity (Wildman–Crippen MR) is 77.1 cm³/mol. The normalized spacial score (nSPS) is 24.8. The number of carboxylic acid groups (broad SMARTS) is 1. The molecule has 112 valence electrons. The molecular weight excluding hydrogens is 262 g/mol. The van der Waals surface area contributed by atoms with Gasteiger partial charge in [-0.1, -0.05) is 20.8 Å². The van der Waals surface area contributed by atoms with Gasteiger partial charge in [0.2, 0.25) is 0 Å². The fourth-order valence-electron chi connectivity index (χ4n) is 2.14. The first-order valence-corrected chi connectivity index (χ1v) is 9.65. The van der Waals surface area contributed by atoms with E-state index in [-0.39, 0.29) is 17.2 Å². The Morgan fingerprint density at radius 2 is 2.00 bits per heavy atom. The highest BCUT2D eigenvalue weighted by Crippen LogP contribution is 2.38. The molecule has 0 aromatic carbocycles. The second-order valence-electron chi connectivity index (χ2n) is 6.78. The second kappa shape index (κ2) is 5.81. The van der Waals surface area contributed by atoms with E-state index in [1.54, 1.807) is 7.11 Å². The number of likely N-dealkylation sites (tertiary alicyclic amines) is 1. The van der Waals surface area contributed by atoms with Gasteiger partial charge >= 0.3 is 6.09 Å². The van der Waals surface area contributed by atoms with Crippen molar-refractivity contribution >= 4 is 14.4 Å². The zero-order valence-corrected chi connectivity index (χ0v) is 13.9. The van der Waals surface area contributed by atoms with Crippen molar-refractivity contribution in [1.29, 1.82) is 0 Å². The van der Waals surface area contributed by atoms with Crippen molar-refractivity contribution in [3.63, 3.8) is 0 Å². The van der Waals surface area contributed by atoms with Crippen molar-refractivity contribution in [3.05, 3.63) is 0 Å². The van der Waals surface area contributed by atoms with Crippen LogP contribution in [0, 0.1) is 0 Å². The molecule has 2 atom stereocenters. The van der Waals surface area contributed by atoms with Crippen LogP contribution in [0.3, 0.4) is 0 Å². The Bertz CT molecular complexity index is 327. The molecule has 5 nitrogen and oxygen atoms in total. The van der Waals surface area contributed by atoms with Crippen LogP contribution in [0.25, 0.3) is 0 Å². The van der Waals surface area contributed by atoms with Gasteiger partial charge in [0.1, 0.15) is 0 Å². The van der Waals surface area contributed by atoms with E-state index in [2.05, 4.69) is 33.9 Å². The maximum atomic E-state index is 11.2. The van der Waals surface area contributed by atoms with Crippen LogP contribution in [0.4, 0.5) is 4.79 Å². The van der Waals surface area contributed by atoms with Gasteiger partial charge in [0, 0.05) is 13.7 Å². The lowest BCUT2D eigenvalue weighted by molar-refractivity contribution is 0.0986. The predicted octanol–water partition coefficient (Wildman–Crippen LogP) is 2.78. The Labute approximate surface area is 117 Å².